The van der Waals surface area contributed by atoms with E-state index in [4.69, 9.17) is 4.74 Å². The molecule has 0 spiro atoms. The summed E-state index contributed by atoms with van der Waals surface area (Å²) < 4.78 is 43.5. The molecule has 2 atom stereocenters. The number of rotatable bonds is 2. The highest BCUT2D eigenvalue weighted by Crippen LogP contribution is 2.27. The average Bonchev–Trinajstić information content (AvgIpc) is 2.25. The number of halogens is 3. The Kier molecular flexibility index (Phi) is 5.85. The summed E-state index contributed by atoms with van der Waals surface area (Å²) in [6.45, 7) is 7.85. The molecule has 0 aromatic rings. The van der Waals surface area contributed by atoms with E-state index in [-0.39, 0.29) is 11.6 Å². The maximum atomic E-state index is 12.6. The zero-order valence-electron chi connectivity index (χ0n) is 12.5. The summed E-state index contributed by atoms with van der Waals surface area (Å²) >= 11 is 0. The van der Waals surface area contributed by atoms with Crippen molar-refractivity contribution in [1.29, 1.82) is 0 Å². The van der Waals surface area contributed by atoms with E-state index < -0.39 is 12.2 Å². The largest absolute Gasteiger partial charge is 0.472 e. The van der Waals surface area contributed by atoms with Gasteiger partial charge in [0.2, 0.25) is 0 Å². The van der Waals surface area contributed by atoms with Crippen LogP contribution in [-0.2, 0) is 4.74 Å². The Bertz CT molecular complexity index is 345. The van der Waals surface area contributed by atoms with Crippen LogP contribution in [0.25, 0.3) is 0 Å². The van der Waals surface area contributed by atoms with E-state index in [1.165, 1.54) is 11.8 Å². The van der Waals surface area contributed by atoms with Gasteiger partial charge in [-0.05, 0) is 49.8 Å². The predicted molar refractivity (Wildman–Crippen MR) is 78.1 cm³/mol. The maximum Gasteiger partial charge on any atom is 0.403 e. The van der Waals surface area contributed by atoms with Gasteiger partial charge in [0, 0.05) is 13.1 Å². The van der Waals surface area contributed by atoms with Crippen molar-refractivity contribution in [3.63, 3.8) is 0 Å². The lowest BCUT2D eigenvalue weighted by molar-refractivity contribution is -0.181. The highest BCUT2D eigenvalue weighted by atomic mass is 31.0. The Morgan fingerprint density at radius 2 is 1.75 bits per heavy atom. The molecule has 0 bridgehead atoms. The minimum atomic E-state index is -4.16. The van der Waals surface area contributed by atoms with Crippen molar-refractivity contribution in [2.75, 3.05) is 13.1 Å². The molecule has 3 nitrogen and oxygen atoms in total. The zero-order valence-corrected chi connectivity index (χ0v) is 13.7. The summed E-state index contributed by atoms with van der Waals surface area (Å²) in [7, 11) is 2.45. The first kappa shape index (κ1) is 17.7. The second kappa shape index (κ2) is 6.61. The van der Waals surface area contributed by atoms with E-state index in [1.807, 2.05) is 20.8 Å². The van der Waals surface area contributed by atoms with E-state index in [2.05, 4.69) is 14.2 Å². The monoisotopic (exact) mass is 312 g/mol. The molecule has 0 radical (unpaired) electrons. The van der Waals surface area contributed by atoms with Gasteiger partial charge in [-0.15, -0.1) is 0 Å². The van der Waals surface area contributed by atoms with Gasteiger partial charge >= 0.3 is 6.18 Å². The van der Waals surface area contributed by atoms with Crippen LogP contribution >= 0.6 is 9.24 Å². The molecule has 20 heavy (non-hydrogen) atoms. The Labute approximate surface area is 121 Å². The van der Waals surface area contributed by atoms with Gasteiger partial charge < -0.3 is 4.74 Å². The molecule has 1 aliphatic rings. The van der Waals surface area contributed by atoms with Crippen molar-refractivity contribution in [1.82, 2.24) is 4.90 Å². The summed E-state index contributed by atoms with van der Waals surface area (Å²) in [6.07, 6.45) is -2.89. The van der Waals surface area contributed by atoms with Gasteiger partial charge in [-0.3, -0.25) is 4.90 Å². The number of hydrogen-bond donors (Lipinski definition) is 0. The Hall–Kier alpha value is -0.350. The van der Waals surface area contributed by atoms with Crippen molar-refractivity contribution < 1.29 is 17.9 Å². The number of hydrogen-bond acceptors (Lipinski definition) is 3. The molecule has 1 saturated heterocycles. The lowest BCUT2D eigenvalue weighted by Gasteiger charge is -2.35. The molecule has 2 unspecified atom stereocenters. The van der Waals surface area contributed by atoms with Crippen molar-refractivity contribution in [3.8, 4) is 0 Å². The quantitative estimate of drug-likeness (QED) is 0.443. The van der Waals surface area contributed by atoms with E-state index in [0.29, 0.717) is 31.6 Å². The number of ether oxygens (including phenoxy) is 1. The first-order valence-electron chi connectivity index (χ1n) is 6.82. The molecule has 118 valence electrons. The summed E-state index contributed by atoms with van der Waals surface area (Å²) in [6, 6.07) is -1.34. The van der Waals surface area contributed by atoms with Crippen LogP contribution in [0.3, 0.4) is 0 Å². The third kappa shape index (κ3) is 5.96. The highest BCUT2D eigenvalue weighted by molar-refractivity contribution is 7.39. The second-order valence-electron chi connectivity index (χ2n) is 6.17. The van der Waals surface area contributed by atoms with Gasteiger partial charge in [-0.2, -0.15) is 13.2 Å². The lowest BCUT2D eigenvalue weighted by Crippen LogP contribution is -2.48. The molecule has 1 aliphatic heterocycles. The normalized spacial score (nSPS) is 21.9. The SMILES string of the molecule is CC(N1CCC(N=C(P)OC(C)(C)C)CC1)C(F)(F)F. The molecule has 1 rings (SSSR count). The number of likely N-dealkylation sites (tertiary alicyclic amines) is 1. The number of alkyl halides is 3. The molecule has 7 heteroatoms. The molecule has 0 aliphatic carbocycles. The standard InChI is InChI=1S/C13H24F3N2OP/c1-9(13(14,15)16)18-7-5-10(6-8-18)17-11(20)19-12(2,3)4/h9-10H,5-8,20H2,1-4H3. The smallest absolute Gasteiger partial charge is 0.403 e. The Morgan fingerprint density at radius 3 is 2.15 bits per heavy atom. The molecule has 0 saturated carbocycles. The fourth-order valence-corrected chi connectivity index (χ4v) is 2.69. The Morgan fingerprint density at radius 1 is 1.25 bits per heavy atom. The maximum absolute atomic E-state index is 12.6. The fraction of sp³-hybridized carbons (Fsp3) is 0.923. The van der Waals surface area contributed by atoms with E-state index >= 15 is 0 Å². The Balaban J connectivity index is 2.49. The van der Waals surface area contributed by atoms with Crippen LogP contribution in [0.4, 0.5) is 13.2 Å². The van der Waals surface area contributed by atoms with Crippen molar-refractivity contribution in [2.24, 2.45) is 4.99 Å². The molecule has 1 heterocycles. The van der Waals surface area contributed by atoms with Gasteiger partial charge in [-0.1, -0.05) is 0 Å². The number of nitrogens with zero attached hydrogens (tertiary/aromatic N) is 2. The van der Waals surface area contributed by atoms with Crippen LogP contribution in [0, 0.1) is 0 Å². The molecule has 0 aromatic heterocycles. The van der Waals surface area contributed by atoms with Crippen molar-refractivity contribution in [3.05, 3.63) is 0 Å². The fourth-order valence-electron chi connectivity index (χ4n) is 2.13. The van der Waals surface area contributed by atoms with Crippen LogP contribution in [-0.4, -0.2) is 47.5 Å². The molecular weight excluding hydrogens is 288 g/mol. The van der Waals surface area contributed by atoms with Crippen molar-refractivity contribution >= 4 is 14.9 Å². The lowest BCUT2D eigenvalue weighted by atomic mass is 10.0. The summed E-state index contributed by atoms with van der Waals surface area (Å²) in [4.78, 5) is 5.90. The van der Waals surface area contributed by atoms with Crippen molar-refractivity contribution in [2.45, 2.75) is 64.4 Å². The molecule has 1 fully saturated rings. The summed E-state index contributed by atoms with van der Waals surface area (Å²) in [5.74, 6) is 0. The van der Waals surface area contributed by atoms with Gasteiger partial charge in [0.25, 0.3) is 0 Å². The van der Waals surface area contributed by atoms with Crippen LogP contribution in [0.5, 0.6) is 0 Å². The first-order chi connectivity index (χ1) is 8.99. The summed E-state index contributed by atoms with van der Waals surface area (Å²) in [5.41, 5.74) is 0.214. The molecule has 0 aromatic carbocycles. The predicted octanol–water partition coefficient (Wildman–Crippen LogP) is 3.45. The van der Waals surface area contributed by atoms with Crippen LogP contribution in [0.1, 0.15) is 40.5 Å². The third-order valence-electron chi connectivity index (χ3n) is 3.24. The zero-order chi connectivity index (χ0) is 15.6. The van der Waals surface area contributed by atoms with Gasteiger partial charge in [0.05, 0.1) is 6.04 Å². The van der Waals surface area contributed by atoms with Crippen LogP contribution in [0.2, 0.25) is 0 Å². The van der Waals surface area contributed by atoms with Gasteiger partial charge in [0.15, 0.2) is 5.64 Å². The van der Waals surface area contributed by atoms with E-state index in [0.717, 1.165) is 0 Å². The van der Waals surface area contributed by atoms with Crippen LogP contribution in [0.15, 0.2) is 4.99 Å². The second-order valence-corrected chi connectivity index (χ2v) is 6.66. The molecular formula is C13H24F3N2OP. The first-order valence-corrected chi connectivity index (χ1v) is 7.40. The molecule has 0 amide bonds. The average molecular weight is 312 g/mol. The highest BCUT2D eigenvalue weighted by Gasteiger charge is 2.41. The minimum Gasteiger partial charge on any atom is -0.472 e. The minimum absolute atomic E-state index is 0.0431. The van der Waals surface area contributed by atoms with Gasteiger partial charge in [-0.25, -0.2) is 4.99 Å². The van der Waals surface area contributed by atoms with E-state index in [9.17, 15) is 13.2 Å². The van der Waals surface area contributed by atoms with Crippen LogP contribution < -0.4 is 0 Å². The summed E-state index contributed by atoms with van der Waals surface area (Å²) in [5, 5.41) is 0. The topological polar surface area (TPSA) is 24.8 Å². The molecule has 0 N–H and O–H groups in total. The van der Waals surface area contributed by atoms with E-state index in [1.54, 1.807) is 0 Å². The van der Waals surface area contributed by atoms with Gasteiger partial charge in [0.1, 0.15) is 11.6 Å². The number of aliphatic imine (C=N–C) groups is 1. The number of piperidine rings is 1. The third-order valence-corrected chi connectivity index (χ3v) is 3.51.